The van der Waals surface area contributed by atoms with Crippen LogP contribution in [0, 0.1) is 5.92 Å². The van der Waals surface area contributed by atoms with E-state index in [1.807, 2.05) is 38.2 Å². The number of rotatable bonds is 6. The lowest BCUT2D eigenvalue weighted by atomic mass is 10.0. The molecule has 2 atom stereocenters. The van der Waals surface area contributed by atoms with E-state index in [4.69, 9.17) is 4.74 Å². The van der Waals surface area contributed by atoms with Gasteiger partial charge in [-0.25, -0.2) is 9.78 Å². The number of hydrogen-bond donors (Lipinski definition) is 1. The Morgan fingerprint density at radius 1 is 1.48 bits per heavy atom. The van der Waals surface area contributed by atoms with Gasteiger partial charge in [-0.2, -0.15) is 0 Å². The highest BCUT2D eigenvalue weighted by molar-refractivity contribution is 5.68. The van der Waals surface area contributed by atoms with Gasteiger partial charge in [-0.15, -0.1) is 0 Å². The van der Waals surface area contributed by atoms with Gasteiger partial charge in [-0.05, 0) is 46.5 Å². The van der Waals surface area contributed by atoms with Gasteiger partial charge in [0.15, 0.2) is 0 Å². The number of imidazole rings is 1. The van der Waals surface area contributed by atoms with Crippen LogP contribution in [0.4, 0.5) is 4.79 Å². The normalized spacial score (nSPS) is 19.8. The maximum absolute atomic E-state index is 12.1. The van der Waals surface area contributed by atoms with Crippen LogP contribution in [0.3, 0.4) is 0 Å². The number of likely N-dealkylation sites (tertiary alicyclic amines) is 1. The first kappa shape index (κ1) is 17.8. The van der Waals surface area contributed by atoms with Crippen molar-refractivity contribution in [1.29, 1.82) is 0 Å². The van der Waals surface area contributed by atoms with Gasteiger partial charge in [0.2, 0.25) is 0 Å². The first-order valence-corrected chi connectivity index (χ1v) is 8.50. The summed E-state index contributed by atoms with van der Waals surface area (Å²) in [5.41, 5.74) is -0.419. The van der Waals surface area contributed by atoms with Gasteiger partial charge < -0.3 is 19.5 Å². The maximum atomic E-state index is 12.1. The van der Waals surface area contributed by atoms with Crippen molar-refractivity contribution in [2.24, 2.45) is 5.92 Å². The number of nitrogens with zero attached hydrogens (tertiary/aromatic N) is 3. The molecule has 0 aromatic carbocycles. The highest BCUT2D eigenvalue weighted by Gasteiger charge is 2.30. The fourth-order valence-corrected chi connectivity index (χ4v) is 2.96. The fourth-order valence-electron chi connectivity index (χ4n) is 2.96. The lowest BCUT2D eigenvalue weighted by Crippen LogP contribution is -2.36. The van der Waals surface area contributed by atoms with E-state index in [-0.39, 0.29) is 6.09 Å². The quantitative estimate of drug-likeness (QED) is 0.874. The standard InChI is InChI=1S/C17H30N4O2/c1-14(19-7-10-20-9-6-18-13-20)11-15-5-8-21(12-15)16(22)23-17(2,3)4/h6,9,13-15,19H,5,7-8,10-12H2,1-4H3. The van der Waals surface area contributed by atoms with Crippen molar-refractivity contribution in [3.8, 4) is 0 Å². The van der Waals surface area contributed by atoms with Crippen LogP contribution in [0.25, 0.3) is 0 Å². The van der Waals surface area contributed by atoms with Crippen molar-refractivity contribution in [1.82, 2.24) is 19.8 Å². The predicted molar refractivity (Wildman–Crippen MR) is 90.2 cm³/mol. The van der Waals surface area contributed by atoms with Gasteiger partial charge in [-0.3, -0.25) is 0 Å². The Bertz CT molecular complexity index is 481. The lowest BCUT2D eigenvalue weighted by Gasteiger charge is -2.24. The molecule has 1 aromatic heterocycles. The summed E-state index contributed by atoms with van der Waals surface area (Å²) in [6, 6.07) is 0.446. The van der Waals surface area contributed by atoms with E-state index in [1.54, 1.807) is 6.20 Å². The van der Waals surface area contributed by atoms with Gasteiger partial charge in [0.05, 0.1) is 6.33 Å². The summed E-state index contributed by atoms with van der Waals surface area (Å²) in [5, 5.41) is 3.55. The molecule has 1 aliphatic rings. The molecule has 0 radical (unpaired) electrons. The van der Waals surface area contributed by atoms with Gasteiger partial charge >= 0.3 is 6.09 Å². The maximum Gasteiger partial charge on any atom is 0.410 e. The molecule has 0 bridgehead atoms. The molecule has 6 heteroatoms. The van der Waals surface area contributed by atoms with Crippen LogP contribution in [0.1, 0.15) is 40.5 Å². The Hall–Kier alpha value is -1.56. The zero-order chi connectivity index (χ0) is 16.9. The van der Waals surface area contributed by atoms with Crippen molar-refractivity contribution >= 4 is 6.09 Å². The predicted octanol–water partition coefficient (Wildman–Crippen LogP) is 2.51. The molecule has 1 aromatic rings. The molecule has 2 heterocycles. The SMILES string of the molecule is CC(CC1CCN(C(=O)OC(C)(C)C)C1)NCCn1ccnc1. The van der Waals surface area contributed by atoms with Gasteiger partial charge in [0.1, 0.15) is 5.60 Å². The Morgan fingerprint density at radius 3 is 2.91 bits per heavy atom. The topological polar surface area (TPSA) is 59.4 Å². The van der Waals surface area contributed by atoms with E-state index in [0.29, 0.717) is 12.0 Å². The molecule has 1 saturated heterocycles. The van der Waals surface area contributed by atoms with Crippen molar-refractivity contribution in [2.75, 3.05) is 19.6 Å². The van der Waals surface area contributed by atoms with Crippen molar-refractivity contribution < 1.29 is 9.53 Å². The third-order valence-corrected chi connectivity index (χ3v) is 4.05. The Kier molecular flexibility index (Phi) is 6.04. The summed E-state index contributed by atoms with van der Waals surface area (Å²) in [5.74, 6) is 0.554. The highest BCUT2D eigenvalue weighted by Crippen LogP contribution is 2.23. The fraction of sp³-hybridized carbons (Fsp3) is 0.765. The number of carbonyl (C=O) groups is 1. The minimum Gasteiger partial charge on any atom is -0.444 e. The van der Waals surface area contributed by atoms with Crippen molar-refractivity contribution in [2.45, 2.75) is 58.7 Å². The summed E-state index contributed by atoms with van der Waals surface area (Å²) in [4.78, 5) is 18.0. The third-order valence-electron chi connectivity index (χ3n) is 4.05. The van der Waals surface area contributed by atoms with E-state index >= 15 is 0 Å². The molecule has 0 saturated carbocycles. The summed E-state index contributed by atoms with van der Waals surface area (Å²) < 4.78 is 7.51. The Labute approximate surface area is 139 Å². The largest absolute Gasteiger partial charge is 0.444 e. The highest BCUT2D eigenvalue weighted by atomic mass is 16.6. The molecular weight excluding hydrogens is 292 g/mol. The van der Waals surface area contributed by atoms with Crippen molar-refractivity contribution in [3.05, 3.63) is 18.7 Å². The Morgan fingerprint density at radius 2 is 2.26 bits per heavy atom. The number of nitrogens with one attached hydrogen (secondary N) is 1. The van der Waals surface area contributed by atoms with Crippen LogP contribution in [0.15, 0.2) is 18.7 Å². The van der Waals surface area contributed by atoms with E-state index in [9.17, 15) is 4.79 Å². The van der Waals surface area contributed by atoms with Crippen LogP contribution < -0.4 is 5.32 Å². The molecule has 1 aliphatic heterocycles. The first-order valence-electron chi connectivity index (χ1n) is 8.50. The molecule has 1 N–H and O–H groups in total. The van der Waals surface area contributed by atoms with Crippen molar-refractivity contribution in [3.63, 3.8) is 0 Å². The summed E-state index contributed by atoms with van der Waals surface area (Å²) in [6.45, 7) is 11.4. The average Bonchev–Trinajstić information content (AvgIpc) is 3.08. The Balaban J connectivity index is 1.65. The van der Waals surface area contributed by atoms with E-state index in [1.165, 1.54) is 0 Å². The second-order valence-corrected chi connectivity index (χ2v) is 7.47. The molecule has 23 heavy (non-hydrogen) atoms. The molecule has 2 unspecified atom stereocenters. The number of hydrogen-bond acceptors (Lipinski definition) is 4. The molecule has 1 amide bonds. The number of amides is 1. The van der Waals surface area contributed by atoms with E-state index in [2.05, 4.69) is 21.8 Å². The van der Waals surface area contributed by atoms with E-state index in [0.717, 1.165) is 39.0 Å². The minimum atomic E-state index is -0.419. The molecule has 0 spiro atoms. The van der Waals surface area contributed by atoms with Crippen LogP contribution in [-0.4, -0.2) is 51.8 Å². The van der Waals surface area contributed by atoms with Crippen LogP contribution in [0.5, 0.6) is 0 Å². The third kappa shape index (κ3) is 6.22. The minimum absolute atomic E-state index is 0.180. The molecular formula is C17H30N4O2. The smallest absolute Gasteiger partial charge is 0.410 e. The summed E-state index contributed by atoms with van der Waals surface area (Å²) >= 11 is 0. The summed E-state index contributed by atoms with van der Waals surface area (Å²) in [6.07, 6.45) is 7.58. The monoisotopic (exact) mass is 322 g/mol. The van der Waals surface area contributed by atoms with Gasteiger partial charge in [-0.1, -0.05) is 0 Å². The first-order chi connectivity index (χ1) is 10.8. The van der Waals surface area contributed by atoms with Gasteiger partial charge in [0.25, 0.3) is 0 Å². The second kappa shape index (κ2) is 7.81. The van der Waals surface area contributed by atoms with Crippen LogP contribution in [-0.2, 0) is 11.3 Å². The second-order valence-electron chi connectivity index (χ2n) is 7.47. The van der Waals surface area contributed by atoms with E-state index < -0.39 is 5.60 Å². The molecule has 130 valence electrons. The molecule has 6 nitrogen and oxygen atoms in total. The molecule has 1 fully saturated rings. The average molecular weight is 322 g/mol. The van der Waals surface area contributed by atoms with Crippen LogP contribution in [0.2, 0.25) is 0 Å². The van der Waals surface area contributed by atoms with Crippen LogP contribution >= 0.6 is 0 Å². The number of ether oxygens (including phenoxy) is 1. The number of carbonyl (C=O) groups excluding carboxylic acids is 1. The lowest BCUT2D eigenvalue weighted by molar-refractivity contribution is 0.0287. The van der Waals surface area contributed by atoms with Gasteiger partial charge in [0, 0.05) is 44.6 Å². The number of aromatic nitrogens is 2. The molecule has 0 aliphatic carbocycles. The molecule has 2 rings (SSSR count). The zero-order valence-electron chi connectivity index (χ0n) is 14.8. The summed E-state index contributed by atoms with van der Waals surface area (Å²) in [7, 11) is 0. The zero-order valence-corrected chi connectivity index (χ0v) is 14.8.